The molecule has 4 heterocycles. The minimum atomic E-state index is -0.382. The number of carbonyl (C=O) groups is 1. The molecule has 2 aromatic heterocycles. The largest absolute Gasteiger partial charge is 0.394 e. The molecule has 1 fully saturated rings. The van der Waals surface area contributed by atoms with Crippen molar-refractivity contribution in [2.75, 3.05) is 19.8 Å². The van der Waals surface area contributed by atoms with Crippen molar-refractivity contribution in [3.8, 4) is 0 Å². The number of aromatic nitrogens is 3. The summed E-state index contributed by atoms with van der Waals surface area (Å²) in [7, 11) is 1.66. The molecule has 1 amide bonds. The predicted octanol–water partition coefficient (Wildman–Crippen LogP) is -0.317. The molecule has 2 aliphatic rings. The summed E-state index contributed by atoms with van der Waals surface area (Å²) >= 11 is 0. The number of aliphatic hydroxyl groups is 1. The standard InChI is InChI=1S/C21H25N5O6/c1-12-23-15(16-7-18(32-25-16)19-11-30-14(9-27)10-31-19)6-17(24-12)21(29)22-8-13-3-4-26(2)20(28)5-13/h3-6,14,18-19,27H,7-11H2,1-2H3,(H,22,29)/t14-,18-,19-/m1/s1. The zero-order valence-electron chi connectivity index (χ0n) is 17.9. The number of ether oxygens (including phenoxy) is 2. The Bertz CT molecular complexity index is 1080. The fourth-order valence-corrected chi connectivity index (χ4v) is 3.43. The molecule has 0 aromatic carbocycles. The number of rotatable bonds is 6. The van der Waals surface area contributed by atoms with Gasteiger partial charge in [-0.15, -0.1) is 0 Å². The molecule has 0 saturated carbocycles. The third-order valence-electron chi connectivity index (χ3n) is 5.29. The average molecular weight is 443 g/mol. The zero-order chi connectivity index (χ0) is 22.7. The van der Waals surface area contributed by atoms with Crippen molar-refractivity contribution in [3.05, 3.63) is 57.5 Å². The highest BCUT2D eigenvalue weighted by Crippen LogP contribution is 2.23. The van der Waals surface area contributed by atoms with Gasteiger partial charge in [0, 0.05) is 32.3 Å². The van der Waals surface area contributed by atoms with Crippen LogP contribution in [0.5, 0.6) is 0 Å². The number of hydrogen-bond donors (Lipinski definition) is 2. The lowest BCUT2D eigenvalue weighted by atomic mass is 10.0. The third-order valence-corrected chi connectivity index (χ3v) is 5.29. The van der Waals surface area contributed by atoms with Crippen molar-refractivity contribution in [1.82, 2.24) is 19.9 Å². The summed E-state index contributed by atoms with van der Waals surface area (Å²) in [5.74, 6) is 0.0444. The van der Waals surface area contributed by atoms with Crippen LogP contribution in [0, 0.1) is 6.92 Å². The smallest absolute Gasteiger partial charge is 0.270 e. The summed E-state index contributed by atoms with van der Waals surface area (Å²) in [6.07, 6.45) is 1.14. The van der Waals surface area contributed by atoms with Gasteiger partial charge < -0.3 is 29.3 Å². The van der Waals surface area contributed by atoms with E-state index in [-0.39, 0.29) is 48.6 Å². The van der Waals surface area contributed by atoms with Gasteiger partial charge in [-0.05, 0) is 24.6 Å². The minimum Gasteiger partial charge on any atom is -0.394 e. The Morgan fingerprint density at radius 1 is 1.25 bits per heavy atom. The highest BCUT2D eigenvalue weighted by molar-refractivity contribution is 6.02. The number of pyridine rings is 1. The molecule has 0 bridgehead atoms. The number of nitrogens with one attached hydrogen (secondary N) is 1. The van der Waals surface area contributed by atoms with Crippen molar-refractivity contribution in [1.29, 1.82) is 0 Å². The number of aliphatic hydroxyl groups excluding tert-OH is 1. The molecule has 1 saturated heterocycles. The Hall–Kier alpha value is -3.15. The van der Waals surface area contributed by atoms with Gasteiger partial charge in [0.25, 0.3) is 11.5 Å². The van der Waals surface area contributed by atoms with E-state index in [2.05, 4.69) is 20.4 Å². The molecule has 0 aliphatic carbocycles. The van der Waals surface area contributed by atoms with Crippen LogP contribution in [0.25, 0.3) is 0 Å². The van der Waals surface area contributed by atoms with Gasteiger partial charge in [-0.2, -0.15) is 0 Å². The van der Waals surface area contributed by atoms with Crippen LogP contribution in [0.3, 0.4) is 0 Å². The molecule has 2 N–H and O–H groups in total. The van der Waals surface area contributed by atoms with Gasteiger partial charge in [-0.1, -0.05) is 5.16 Å². The van der Waals surface area contributed by atoms with Crippen LogP contribution in [0.4, 0.5) is 0 Å². The highest BCUT2D eigenvalue weighted by atomic mass is 16.7. The number of nitrogens with zero attached hydrogens (tertiary/aromatic N) is 4. The predicted molar refractivity (Wildman–Crippen MR) is 112 cm³/mol. The Morgan fingerprint density at radius 3 is 2.81 bits per heavy atom. The van der Waals surface area contributed by atoms with Gasteiger partial charge in [0.15, 0.2) is 6.10 Å². The van der Waals surface area contributed by atoms with Gasteiger partial charge in [0.05, 0.1) is 25.5 Å². The van der Waals surface area contributed by atoms with E-state index in [0.29, 0.717) is 42.4 Å². The second-order valence-electron chi connectivity index (χ2n) is 7.75. The van der Waals surface area contributed by atoms with E-state index >= 15 is 0 Å². The molecule has 2 aromatic rings. The molecule has 0 radical (unpaired) electrons. The summed E-state index contributed by atoms with van der Waals surface area (Å²) in [4.78, 5) is 38.5. The maximum absolute atomic E-state index is 12.6. The quantitative estimate of drug-likeness (QED) is 0.620. The average Bonchev–Trinajstić information content (AvgIpc) is 3.30. The first-order valence-corrected chi connectivity index (χ1v) is 10.3. The molecular weight excluding hydrogens is 418 g/mol. The fraction of sp³-hybridized carbons (Fsp3) is 0.476. The van der Waals surface area contributed by atoms with E-state index in [9.17, 15) is 9.59 Å². The van der Waals surface area contributed by atoms with E-state index in [0.717, 1.165) is 0 Å². The summed E-state index contributed by atoms with van der Waals surface area (Å²) in [6, 6.07) is 4.81. The number of hydrogen-bond acceptors (Lipinski definition) is 9. The van der Waals surface area contributed by atoms with Crippen LogP contribution >= 0.6 is 0 Å². The molecular formula is C21H25N5O6. The Balaban J connectivity index is 1.39. The van der Waals surface area contributed by atoms with Crippen molar-refractivity contribution in [2.45, 2.75) is 38.2 Å². The Morgan fingerprint density at radius 2 is 2.09 bits per heavy atom. The number of aryl methyl sites for hydroxylation is 2. The van der Waals surface area contributed by atoms with Crippen molar-refractivity contribution < 1.29 is 24.2 Å². The lowest BCUT2D eigenvalue weighted by molar-refractivity contribution is -0.178. The number of carbonyl (C=O) groups excluding carboxylic acids is 1. The minimum absolute atomic E-state index is 0.0913. The third kappa shape index (κ3) is 5.01. The van der Waals surface area contributed by atoms with Gasteiger partial charge in [-0.25, -0.2) is 9.97 Å². The summed E-state index contributed by atoms with van der Waals surface area (Å²) < 4.78 is 12.7. The Labute approximate surface area is 184 Å². The van der Waals surface area contributed by atoms with E-state index < -0.39 is 0 Å². The number of oxime groups is 1. The molecule has 4 rings (SSSR count). The second-order valence-corrected chi connectivity index (χ2v) is 7.75. The molecule has 11 heteroatoms. The van der Waals surface area contributed by atoms with Gasteiger partial charge in [0.1, 0.15) is 29.4 Å². The molecule has 11 nitrogen and oxygen atoms in total. The van der Waals surface area contributed by atoms with Crippen LogP contribution < -0.4 is 10.9 Å². The van der Waals surface area contributed by atoms with Gasteiger partial charge >= 0.3 is 0 Å². The summed E-state index contributed by atoms with van der Waals surface area (Å²) in [5.41, 5.74) is 1.84. The van der Waals surface area contributed by atoms with E-state index in [1.165, 1.54) is 10.6 Å². The normalized spacial score (nSPS) is 22.8. The van der Waals surface area contributed by atoms with Crippen molar-refractivity contribution >= 4 is 11.6 Å². The maximum atomic E-state index is 12.6. The van der Waals surface area contributed by atoms with E-state index in [1.54, 1.807) is 32.3 Å². The van der Waals surface area contributed by atoms with Gasteiger partial charge in [-0.3, -0.25) is 9.59 Å². The molecule has 0 unspecified atom stereocenters. The SMILES string of the molecule is Cc1nc(C(=O)NCc2ccn(C)c(=O)c2)cc(C2=NO[C@@H]([C@H]3CO[C@H](CO)CO3)C2)n1. The lowest BCUT2D eigenvalue weighted by Crippen LogP contribution is -2.43. The first-order chi connectivity index (χ1) is 15.4. The summed E-state index contributed by atoms with van der Waals surface area (Å²) in [5, 5.41) is 16.0. The molecule has 32 heavy (non-hydrogen) atoms. The maximum Gasteiger partial charge on any atom is 0.270 e. The van der Waals surface area contributed by atoms with Gasteiger partial charge in [0.2, 0.25) is 0 Å². The number of amides is 1. The van der Waals surface area contributed by atoms with Crippen LogP contribution in [0.1, 0.15) is 34.0 Å². The molecule has 3 atom stereocenters. The molecule has 0 spiro atoms. The first-order valence-electron chi connectivity index (χ1n) is 10.3. The van der Waals surface area contributed by atoms with E-state index in [4.69, 9.17) is 19.4 Å². The van der Waals surface area contributed by atoms with Crippen molar-refractivity contribution in [2.24, 2.45) is 12.2 Å². The van der Waals surface area contributed by atoms with Crippen LogP contribution in [-0.4, -0.2) is 69.4 Å². The van der Waals surface area contributed by atoms with Crippen molar-refractivity contribution in [3.63, 3.8) is 0 Å². The highest BCUT2D eigenvalue weighted by Gasteiger charge is 2.35. The van der Waals surface area contributed by atoms with Crippen LogP contribution in [-0.2, 0) is 27.9 Å². The monoisotopic (exact) mass is 443 g/mol. The first kappa shape index (κ1) is 22.1. The summed E-state index contributed by atoms with van der Waals surface area (Å²) in [6.45, 7) is 2.40. The fourth-order valence-electron chi connectivity index (χ4n) is 3.43. The molecule has 170 valence electrons. The zero-order valence-corrected chi connectivity index (χ0v) is 17.9. The van der Waals surface area contributed by atoms with Crippen LogP contribution in [0.2, 0.25) is 0 Å². The van der Waals surface area contributed by atoms with E-state index in [1.807, 2.05) is 0 Å². The second kappa shape index (κ2) is 9.55. The Kier molecular flexibility index (Phi) is 6.58. The topological polar surface area (TPSA) is 137 Å². The van der Waals surface area contributed by atoms with Crippen LogP contribution in [0.15, 0.2) is 34.3 Å². The lowest BCUT2D eigenvalue weighted by Gasteiger charge is -2.30. The molecule has 2 aliphatic heterocycles.